The third-order valence-corrected chi connectivity index (χ3v) is 3.43. The topological polar surface area (TPSA) is 0 Å². The van der Waals surface area contributed by atoms with Gasteiger partial charge in [-0.05, 0) is 37.5 Å². The zero-order valence-electron chi connectivity index (χ0n) is 9.26. The highest BCUT2D eigenvalue weighted by molar-refractivity contribution is 7.09. The number of aryl methyl sites for hydroxylation is 3. The molecule has 1 atom stereocenters. The van der Waals surface area contributed by atoms with Gasteiger partial charge < -0.3 is 0 Å². The minimum atomic E-state index is -1.10. The molecule has 14 heavy (non-hydrogen) atoms. The molecule has 0 N–H and O–H groups in total. The van der Waals surface area contributed by atoms with Crippen molar-refractivity contribution >= 4 is 25.3 Å². The van der Waals surface area contributed by atoms with Crippen molar-refractivity contribution < 1.29 is 0 Å². The molecule has 76 valence electrons. The van der Waals surface area contributed by atoms with Crippen LogP contribution >= 0.6 is 11.1 Å². The van der Waals surface area contributed by atoms with Gasteiger partial charge in [0.1, 0.15) is 0 Å². The summed E-state index contributed by atoms with van der Waals surface area (Å²) in [6.07, 6.45) is 2.17. The van der Waals surface area contributed by atoms with Crippen LogP contribution in [-0.2, 0) is 0 Å². The maximum Gasteiger partial charge on any atom is 0.161 e. The minimum Gasteiger partial charge on any atom is -0.166 e. The standard InChI is InChI=1S/C12H17ClSi/c1-9-7-10(2)12(11(3)8-9)5-6-14(4)13/h5-8,14H,1-4H3. The molecular weight excluding hydrogens is 208 g/mol. The Morgan fingerprint density at radius 1 is 1.14 bits per heavy atom. The first kappa shape index (κ1) is 11.5. The molecule has 1 unspecified atom stereocenters. The predicted molar refractivity (Wildman–Crippen MR) is 68.6 cm³/mol. The van der Waals surface area contributed by atoms with E-state index < -0.39 is 8.11 Å². The monoisotopic (exact) mass is 224 g/mol. The average molecular weight is 225 g/mol. The Kier molecular flexibility index (Phi) is 3.96. The lowest BCUT2D eigenvalue weighted by molar-refractivity contribution is 1.30. The predicted octanol–water partition coefficient (Wildman–Crippen LogP) is 3.76. The Morgan fingerprint density at radius 3 is 2.07 bits per heavy atom. The molecule has 0 amide bonds. The van der Waals surface area contributed by atoms with Gasteiger partial charge in [0.2, 0.25) is 0 Å². The molecule has 2 heteroatoms. The van der Waals surface area contributed by atoms with Crippen molar-refractivity contribution in [3.8, 4) is 0 Å². The van der Waals surface area contributed by atoms with Crippen molar-refractivity contribution in [2.24, 2.45) is 0 Å². The maximum atomic E-state index is 6.02. The molecule has 0 nitrogen and oxygen atoms in total. The number of benzene rings is 1. The van der Waals surface area contributed by atoms with Crippen LogP contribution in [0, 0.1) is 20.8 Å². The van der Waals surface area contributed by atoms with Crippen LogP contribution in [0.5, 0.6) is 0 Å². The lowest BCUT2D eigenvalue weighted by atomic mass is 10.0. The van der Waals surface area contributed by atoms with E-state index in [0.29, 0.717) is 0 Å². The first-order valence-corrected chi connectivity index (χ1v) is 8.47. The van der Waals surface area contributed by atoms with Crippen LogP contribution in [0.4, 0.5) is 0 Å². The summed E-state index contributed by atoms with van der Waals surface area (Å²) in [5.41, 5.74) is 7.49. The fraction of sp³-hybridized carbons (Fsp3) is 0.333. The van der Waals surface area contributed by atoms with Gasteiger partial charge in [0.05, 0.1) is 0 Å². The zero-order chi connectivity index (χ0) is 10.7. The van der Waals surface area contributed by atoms with E-state index in [2.05, 4.69) is 51.2 Å². The highest BCUT2D eigenvalue weighted by Gasteiger charge is 2.00. The molecule has 0 radical (unpaired) electrons. The molecule has 1 rings (SSSR count). The van der Waals surface area contributed by atoms with Gasteiger partial charge in [0.25, 0.3) is 0 Å². The molecule has 0 fully saturated rings. The largest absolute Gasteiger partial charge is 0.166 e. The fourth-order valence-electron chi connectivity index (χ4n) is 1.68. The normalized spacial score (nSPS) is 13.5. The van der Waals surface area contributed by atoms with Crippen molar-refractivity contribution in [1.29, 1.82) is 0 Å². The van der Waals surface area contributed by atoms with E-state index in [9.17, 15) is 0 Å². The third kappa shape index (κ3) is 3.00. The van der Waals surface area contributed by atoms with E-state index in [4.69, 9.17) is 11.1 Å². The van der Waals surface area contributed by atoms with Crippen LogP contribution < -0.4 is 0 Å². The summed E-state index contributed by atoms with van der Waals surface area (Å²) in [6, 6.07) is 4.43. The maximum absolute atomic E-state index is 6.02. The summed E-state index contributed by atoms with van der Waals surface area (Å²) >= 11 is 6.02. The Bertz CT molecular complexity index is 330. The summed E-state index contributed by atoms with van der Waals surface area (Å²) in [7, 11) is -1.10. The van der Waals surface area contributed by atoms with Crippen molar-refractivity contribution in [2.75, 3.05) is 0 Å². The van der Waals surface area contributed by atoms with E-state index in [1.165, 1.54) is 22.3 Å². The van der Waals surface area contributed by atoms with Crippen molar-refractivity contribution in [3.63, 3.8) is 0 Å². The quantitative estimate of drug-likeness (QED) is 0.530. The number of hydrogen-bond donors (Lipinski definition) is 0. The summed E-state index contributed by atoms with van der Waals surface area (Å²) in [5.74, 6) is 0. The second kappa shape index (κ2) is 4.81. The molecule has 1 aromatic carbocycles. The lowest BCUT2D eigenvalue weighted by Gasteiger charge is -2.07. The van der Waals surface area contributed by atoms with Gasteiger partial charge in [0.15, 0.2) is 8.11 Å². The Hall–Kier alpha value is -0.533. The molecule has 0 aliphatic heterocycles. The molecule has 1 aromatic rings. The van der Waals surface area contributed by atoms with Crippen molar-refractivity contribution in [3.05, 3.63) is 40.1 Å². The minimum absolute atomic E-state index is 1.10. The van der Waals surface area contributed by atoms with Gasteiger partial charge >= 0.3 is 0 Å². The van der Waals surface area contributed by atoms with Crippen LogP contribution in [0.2, 0.25) is 6.55 Å². The summed E-state index contributed by atoms with van der Waals surface area (Å²) in [5, 5.41) is 0. The zero-order valence-corrected chi connectivity index (χ0v) is 11.2. The van der Waals surface area contributed by atoms with E-state index in [1.807, 2.05) is 0 Å². The molecule has 0 aliphatic carbocycles. The van der Waals surface area contributed by atoms with Crippen LogP contribution in [0.25, 0.3) is 6.08 Å². The molecule has 0 heterocycles. The van der Waals surface area contributed by atoms with E-state index >= 15 is 0 Å². The van der Waals surface area contributed by atoms with Gasteiger partial charge in [-0.25, -0.2) is 0 Å². The highest BCUT2D eigenvalue weighted by Crippen LogP contribution is 2.18. The molecule has 0 saturated heterocycles. The van der Waals surface area contributed by atoms with Crippen LogP contribution in [0.1, 0.15) is 22.3 Å². The SMILES string of the molecule is Cc1cc(C)c(C=C[SiH](C)Cl)c(C)c1. The van der Waals surface area contributed by atoms with Crippen LogP contribution in [0.3, 0.4) is 0 Å². The average Bonchev–Trinajstić information content (AvgIpc) is 2.01. The first-order valence-electron chi connectivity index (χ1n) is 4.91. The molecule has 0 bridgehead atoms. The molecule has 0 saturated carbocycles. The van der Waals surface area contributed by atoms with Gasteiger partial charge in [-0.3, -0.25) is 0 Å². The van der Waals surface area contributed by atoms with E-state index in [-0.39, 0.29) is 0 Å². The van der Waals surface area contributed by atoms with E-state index in [1.54, 1.807) is 0 Å². The second-order valence-electron chi connectivity index (χ2n) is 3.85. The van der Waals surface area contributed by atoms with Gasteiger partial charge in [-0.1, -0.05) is 36.0 Å². The summed E-state index contributed by atoms with van der Waals surface area (Å²) in [6.45, 7) is 8.55. The Morgan fingerprint density at radius 2 is 1.64 bits per heavy atom. The number of halogens is 1. The third-order valence-electron chi connectivity index (χ3n) is 2.27. The molecule has 0 aliphatic rings. The second-order valence-corrected chi connectivity index (χ2v) is 7.65. The van der Waals surface area contributed by atoms with Gasteiger partial charge in [-0.2, -0.15) is 11.1 Å². The van der Waals surface area contributed by atoms with Gasteiger partial charge in [-0.15, -0.1) is 0 Å². The van der Waals surface area contributed by atoms with Crippen molar-refractivity contribution in [1.82, 2.24) is 0 Å². The number of hydrogen-bond acceptors (Lipinski definition) is 0. The Balaban J connectivity index is 3.09. The van der Waals surface area contributed by atoms with Crippen LogP contribution in [0.15, 0.2) is 17.8 Å². The van der Waals surface area contributed by atoms with Gasteiger partial charge in [0, 0.05) is 0 Å². The lowest BCUT2D eigenvalue weighted by Crippen LogP contribution is -1.92. The van der Waals surface area contributed by atoms with E-state index in [0.717, 1.165) is 0 Å². The molecule has 0 spiro atoms. The summed E-state index contributed by atoms with van der Waals surface area (Å²) in [4.78, 5) is 0. The molecular formula is C12H17ClSi. The smallest absolute Gasteiger partial charge is 0.161 e. The van der Waals surface area contributed by atoms with Crippen LogP contribution in [-0.4, -0.2) is 8.11 Å². The first-order chi connectivity index (χ1) is 6.50. The fourth-order valence-corrected chi connectivity index (χ4v) is 2.36. The van der Waals surface area contributed by atoms with Crippen molar-refractivity contribution in [2.45, 2.75) is 27.3 Å². The highest BCUT2D eigenvalue weighted by atomic mass is 35.6. The molecule has 0 aromatic heterocycles. The summed E-state index contributed by atoms with van der Waals surface area (Å²) < 4.78 is 0. The Labute approximate surface area is 92.9 Å². The number of rotatable bonds is 2.